The molecule has 2 atom stereocenters. The summed E-state index contributed by atoms with van der Waals surface area (Å²) in [5.41, 5.74) is 1.88. The van der Waals surface area contributed by atoms with Gasteiger partial charge in [-0.3, -0.25) is 10.1 Å². The van der Waals surface area contributed by atoms with E-state index in [1.165, 1.54) is 6.42 Å². The largest absolute Gasteiger partial charge is 0.308 e. The molecule has 4 heteroatoms. The van der Waals surface area contributed by atoms with Crippen LogP contribution < -0.4 is 5.32 Å². The van der Waals surface area contributed by atoms with Gasteiger partial charge in [0.15, 0.2) is 0 Å². The zero-order valence-electron chi connectivity index (χ0n) is 13.1. The van der Waals surface area contributed by atoms with Gasteiger partial charge in [0, 0.05) is 23.7 Å². The van der Waals surface area contributed by atoms with Gasteiger partial charge in [0.2, 0.25) is 0 Å². The predicted molar refractivity (Wildman–Crippen MR) is 82.9 cm³/mol. The summed E-state index contributed by atoms with van der Waals surface area (Å²) in [7, 11) is 0. The van der Waals surface area contributed by atoms with Crippen LogP contribution in [-0.2, 0) is 0 Å². The fraction of sp³-hybridized carbons (Fsp3) is 0.625. The molecule has 112 valence electrons. The average molecular weight is 278 g/mol. The first-order chi connectivity index (χ1) is 9.31. The number of nitrogens with one attached hydrogen (secondary N) is 1. The molecule has 2 unspecified atom stereocenters. The molecule has 0 aliphatic heterocycles. The number of rotatable bonds is 7. The molecule has 0 aliphatic carbocycles. The van der Waals surface area contributed by atoms with Crippen LogP contribution in [0, 0.1) is 23.0 Å². The summed E-state index contributed by atoms with van der Waals surface area (Å²) in [6.45, 7) is 10.4. The van der Waals surface area contributed by atoms with Gasteiger partial charge in [-0.15, -0.1) is 0 Å². The van der Waals surface area contributed by atoms with Crippen LogP contribution in [0.3, 0.4) is 0 Å². The molecule has 1 rings (SSSR count). The Hall–Kier alpha value is -1.42. The van der Waals surface area contributed by atoms with E-state index in [-0.39, 0.29) is 16.7 Å². The van der Waals surface area contributed by atoms with Crippen LogP contribution in [0.2, 0.25) is 0 Å². The highest BCUT2D eigenvalue weighted by Crippen LogP contribution is 2.23. The third-order valence-electron chi connectivity index (χ3n) is 3.64. The molecule has 0 amide bonds. The number of hydrogen-bond acceptors (Lipinski definition) is 3. The van der Waals surface area contributed by atoms with E-state index < -0.39 is 0 Å². The van der Waals surface area contributed by atoms with Crippen LogP contribution in [-0.4, -0.2) is 11.0 Å². The van der Waals surface area contributed by atoms with Crippen molar-refractivity contribution in [2.24, 2.45) is 5.92 Å². The van der Waals surface area contributed by atoms with E-state index in [1.807, 2.05) is 12.1 Å². The molecule has 0 heterocycles. The van der Waals surface area contributed by atoms with E-state index in [0.717, 1.165) is 12.0 Å². The van der Waals surface area contributed by atoms with Crippen molar-refractivity contribution >= 4 is 5.69 Å². The fourth-order valence-electron chi connectivity index (χ4n) is 2.28. The maximum absolute atomic E-state index is 11.0. The first kappa shape index (κ1) is 16.6. The van der Waals surface area contributed by atoms with E-state index in [4.69, 9.17) is 0 Å². The average Bonchev–Trinajstić information content (AvgIpc) is 2.36. The Morgan fingerprint density at radius 3 is 2.40 bits per heavy atom. The first-order valence-corrected chi connectivity index (χ1v) is 7.32. The molecule has 0 saturated carbocycles. The summed E-state index contributed by atoms with van der Waals surface area (Å²) in [5, 5.41) is 14.5. The Labute approximate surface area is 121 Å². The standard InChI is InChI=1S/C16H26N2O2/c1-11(2)6-8-13(4)17-14(5)15-9-7-12(3)16(10-15)18(19)20/h7,9-11,13-14,17H,6,8H2,1-5H3. The Balaban J connectivity index is 2.70. The van der Waals surface area contributed by atoms with Crippen LogP contribution in [0.15, 0.2) is 18.2 Å². The smallest absolute Gasteiger partial charge is 0.272 e. The van der Waals surface area contributed by atoms with Gasteiger partial charge in [-0.1, -0.05) is 26.0 Å². The molecule has 1 aromatic rings. The molecular weight excluding hydrogens is 252 g/mol. The van der Waals surface area contributed by atoms with Gasteiger partial charge in [0.05, 0.1) is 4.92 Å². The summed E-state index contributed by atoms with van der Waals surface area (Å²) in [6, 6.07) is 6.01. The van der Waals surface area contributed by atoms with Crippen molar-refractivity contribution in [3.8, 4) is 0 Å². The predicted octanol–water partition coefficient (Wildman–Crippen LogP) is 4.38. The third-order valence-corrected chi connectivity index (χ3v) is 3.64. The van der Waals surface area contributed by atoms with Gasteiger partial charge in [0.1, 0.15) is 0 Å². The minimum absolute atomic E-state index is 0.122. The number of nitrogens with zero attached hydrogens (tertiary/aromatic N) is 1. The molecule has 0 fully saturated rings. The molecule has 0 spiro atoms. The molecular formula is C16H26N2O2. The lowest BCUT2D eigenvalue weighted by molar-refractivity contribution is -0.385. The van der Waals surface area contributed by atoms with Crippen LogP contribution in [0.4, 0.5) is 5.69 Å². The summed E-state index contributed by atoms with van der Waals surface area (Å²) in [5.74, 6) is 0.704. The Bertz CT molecular complexity index is 458. The molecule has 0 radical (unpaired) electrons. The lowest BCUT2D eigenvalue weighted by Gasteiger charge is -2.21. The SMILES string of the molecule is Cc1ccc(C(C)NC(C)CCC(C)C)cc1[N+](=O)[O-]. The van der Waals surface area contributed by atoms with E-state index in [2.05, 4.69) is 33.0 Å². The van der Waals surface area contributed by atoms with Gasteiger partial charge < -0.3 is 5.32 Å². The zero-order chi connectivity index (χ0) is 15.3. The van der Waals surface area contributed by atoms with Crippen molar-refractivity contribution in [1.82, 2.24) is 5.32 Å². The van der Waals surface area contributed by atoms with Crippen LogP contribution >= 0.6 is 0 Å². The molecule has 0 aromatic heterocycles. The second-order valence-electron chi connectivity index (χ2n) is 6.06. The maximum Gasteiger partial charge on any atom is 0.272 e. The number of hydrogen-bond donors (Lipinski definition) is 1. The van der Waals surface area contributed by atoms with E-state index in [1.54, 1.807) is 13.0 Å². The number of benzene rings is 1. The molecule has 0 aliphatic rings. The van der Waals surface area contributed by atoms with Crippen molar-refractivity contribution in [2.75, 3.05) is 0 Å². The van der Waals surface area contributed by atoms with Gasteiger partial charge in [-0.2, -0.15) is 0 Å². The van der Waals surface area contributed by atoms with E-state index in [9.17, 15) is 10.1 Å². The second-order valence-corrected chi connectivity index (χ2v) is 6.06. The van der Waals surface area contributed by atoms with Crippen molar-refractivity contribution in [1.29, 1.82) is 0 Å². The van der Waals surface area contributed by atoms with E-state index >= 15 is 0 Å². The minimum Gasteiger partial charge on any atom is -0.308 e. The van der Waals surface area contributed by atoms with Crippen LogP contribution in [0.1, 0.15) is 57.7 Å². The van der Waals surface area contributed by atoms with Gasteiger partial charge in [0.25, 0.3) is 5.69 Å². The maximum atomic E-state index is 11.0. The lowest BCUT2D eigenvalue weighted by atomic mass is 10.0. The molecule has 1 aromatic carbocycles. The molecule has 0 bridgehead atoms. The van der Waals surface area contributed by atoms with Gasteiger partial charge >= 0.3 is 0 Å². The van der Waals surface area contributed by atoms with Crippen molar-refractivity contribution < 1.29 is 4.92 Å². The monoisotopic (exact) mass is 278 g/mol. The molecule has 1 N–H and O–H groups in total. The highest BCUT2D eigenvalue weighted by Gasteiger charge is 2.15. The number of aryl methyl sites for hydroxylation is 1. The Kier molecular flexibility index (Phi) is 6.14. The Morgan fingerprint density at radius 2 is 1.85 bits per heavy atom. The number of nitro benzene ring substituents is 1. The van der Waals surface area contributed by atoms with Crippen LogP contribution in [0.5, 0.6) is 0 Å². The van der Waals surface area contributed by atoms with Crippen molar-refractivity contribution in [3.63, 3.8) is 0 Å². The normalized spacial score (nSPS) is 14.3. The molecule has 4 nitrogen and oxygen atoms in total. The minimum atomic E-state index is -0.312. The third kappa shape index (κ3) is 4.93. The van der Waals surface area contributed by atoms with Gasteiger partial charge in [-0.05, 0) is 45.1 Å². The van der Waals surface area contributed by atoms with Gasteiger partial charge in [-0.25, -0.2) is 0 Å². The van der Waals surface area contributed by atoms with Crippen LogP contribution in [0.25, 0.3) is 0 Å². The Morgan fingerprint density at radius 1 is 1.20 bits per heavy atom. The first-order valence-electron chi connectivity index (χ1n) is 7.32. The van der Waals surface area contributed by atoms with Crippen molar-refractivity contribution in [2.45, 2.75) is 59.5 Å². The second kappa shape index (κ2) is 7.39. The highest BCUT2D eigenvalue weighted by atomic mass is 16.6. The van der Waals surface area contributed by atoms with Crippen molar-refractivity contribution in [3.05, 3.63) is 39.4 Å². The lowest BCUT2D eigenvalue weighted by Crippen LogP contribution is -2.29. The van der Waals surface area contributed by atoms with E-state index in [0.29, 0.717) is 17.5 Å². The molecule has 20 heavy (non-hydrogen) atoms. The highest BCUT2D eigenvalue weighted by molar-refractivity contribution is 5.43. The summed E-state index contributed by atoms with van der Waals surface area (Å²) in [6.07, 6.45) is 2.31. The summed E-state index contributed by atoms with van der Waals surface area (Å²) < 4.78 is 0. The summed E-state index contributed by atoms with van der Waals surface area (Å²) >= 11 is 0. The zero-order valence-corrected chi connectivity index (χ0v) is 13.1. The summed E-state index contributed by atoms with van der Waals surface area (Å²) in [4.78, 5) is 10.7. The fourth-order valence-corrected chi connectivity index (χ4v) is 2.28. The topological polar surface area (TPSA) is 55.2 Å². The number of nitro groups is 1. The quantitative estimate of drug-likeness (QED) is 0.595. The molecule has 0 saturated heterocycles.